The predicted molar refractivity (Wildman–Crippen MR) is 79.2 cm³/mol. The molecule has 0 heterocycles. The van der Waals surface area contributed by atoms with Crippen LogP contribution in [-0.4, -0.2) is 15.0 Å². The van der Waals surface area contributed by atoms with Crippen LogP contribution in [0.3, 0.4) is 0 Å². The van der Waals surface area contributed by atoms with E-state index in [1.807, 2.05) is 38.1 Å². The minimum Gasteiger partial charge on any atom is -0.266 e. The number of hydrogen-bond donors (Lipinski definition) is 0. The normalized spacial score (nSPS) is 11.5. The minimum atomic E-state index is -3.66. The molecule has 0 aliphatic heterocycles. The van der Waals surface area contributed by atoms with Crippen LogP contribution in [0.15, 0.2) is 53.4 Å². The van der Waals surface area contributed by atoms with Crippen LogP contribution in [0.25, 0.3) is 0 Å². The van der Waals surface area contributed by atoms with Crippen molar-refractivity contribution in [3.05, 3.63) is 65.2 Å². The molecule has 106 valence electrons. The van der Waals surface area contributed by atoms with E-state index in [9.17, 15) is 8.42 Å². The molecular weight excluding hydrogens is 272 g/mol. The Morgan fingerprint density at radius 2 is 1.60 bits per heavy atom. The van der Waals surface area contributed by atoms with E-state index in [4.69, 9.17) is 4.18 Å². The van der Waals surface area contributed by atoms with Crippen LogP contribution in [0, 0.1) is 13.8 Å². The topological polar surface area (TPSA) is 43.4 Å². The van der Waals surface area contributed by atoms with Crippen molar-refractivity contribution in [1.29, 1.82) is 0 Å². The van der Waals surface area contributed by atoms with Gasteiger partial charge in [-0.3, -0.25) is 4.18 Å². The second-order valence-corrected chi connectivity index (χ2v) is 6.38. The molecule has 0 aliphatic carbocycles. The highest BCUT2D eigenvalue weighted by molar-refractivity contribution is 7.86. The van der Waals surface area contributed by atoms with Crippen molar-refractivity contribution < 1.29 is 12.6 Å². The molecule has 0 spiro atoms. The number of hydrogen-bond acceptors (Lipinski definition) is 3. The van der Waals surface area contributed by atoms with Gasteiger partial charge in [0.1, 0.15) is 0 Å². The molecule has 0 fully saturated rings. The molecule has 0 unspecified atom stereocenters. The average Bonchev–Trinajstić information content (AvgIpc) is 2.41. The van der Waals surface area contributed by atoms with Crippen LogP contribution in [-0.2, 0) is 20.7 Å². The monoisotopic (exact) mass is 290 g/mol. The van der Waals surface area contributed by atoms with Crippen molar-refractivity contribution in [2.45, 2.75) is 25.2 Å². The van der Waals surface area contributed by atoms with Gasteiger partial charge in [0.15, 0.2) is 0 Å². The van der Waals surface area contributed by atoms with Crippen LogP contribution in [0.2, 0.25) is 0 Å². The molecule has 0 radical (unpaired) electrons. The fourth-order valence-electron chi connectivity index (χ4n) is 1.92. The van der Waals surface area contributed by atoms with Gasteiger partial charge >= 0.3 is 0 Å². The third kappa shape index (κ3) is 3.68. The maximum Gasteiger partial charge on any atom is 0.296 e. The second kappa shape index (κ2) is 6.20. The van der Waals surface area contributed by atoms with Crippen molar-refractivity contribution in [3.8, 4) is 0 Å². The standard InChI is InChI=1S/C16H18O3S/c1-13-7-9-16(10-8-13)20(17,18)19-12-11-15-6-4-3-5-14(15)2/h3-10H,11-12H2,1-2H3. The highest BCUT2D eigenvalue weighted by atomic mass is 32.2. The Labute approximate surface area is 120 Å². The summed E-state index contributed by atoms with van der Waals surface area (Å²) in [6.45, 7) is 4.07. The van der Waals surface area contributed by atoms with Gasteiger partial charge in [0.2, 0.25) is 0 Å². The van der Waals surface area contributed by atoms with Crippen molar-refractivity contribution in [2.24, 2.45) is 0 Å². The molecule has 0 aliphatic rings. The largest absolute Gasteiger partial charge is 0.296 e. The molecule has 2 rings (SSSR count). The maximum absolute atomic E-state index is 12.0. The SMILES string of the molecule is Cc1ccc(S(=O)(=O)OCCc2ccccc2C)cc1. The molecule has 4 heteroatoms. The number of rotatable bonds is 5. The van der Waals surface area contributed by atoms with Gasteiger partial charge in [0, 0.05) is 0 Å². The summed E-state index contributed by atoms with van der Waals surface area (Å²) in [5.41, 5.74) is 3.26. The lowest BCUT2D eigenvalue weighted by atomic mass is 10.1. The Morgan fingerprint density at radius 3 is 2.25 bits per heavy atom. The Balaban J connectivity index is 2.00. The van der Waals surface area contributed by atoms with Gasteiger partial charge in [-0.25, -0.2) is 0 Å². The zero-order chi connectivity index (χ0) is 14.6. The van der Waals surface area contributed by atoms with Gasteiger partial charge < -0.3 is 0 Å². The summed E-state index contributed by atoms with van der Waals surface area (Å²) in [4.78, 5) is 0.202. The third-order valence-corrected chi connectivity index (χ3v) is 4.51. The molecule has 0 atom stereocenters. The van der Waals surface area contributed by atoms with E-state index < -0.39 is 10.1 Å². The smallest absolute Gasteiger partial charge is 0.266 e. The zero-order valence-corrected chi connectivity index (χ0v) is 12.5. The molecule has 0 N–H and O–H groups in total. The Bertz CT molecular complexity index is 673. The Hall–Kier alpha value is -1.65. The van der Waals surface area contributed by atoms with Crippen LogP contribution < -0.4 is 0 Å². The summed E-state index contributed by atoms with van der Waals surface area (Å²) < 4.78 is 29.1. The number of benzene rings is 2. The Kier molecular flexibility index (Phi) is 4.57. The molecule has 0 bridgehead atoms. The van der Waals surface area contributed by atoms with Gasteiger partial charge in [-0.1, -0.05) is 42.0 Å². The van der Waals surface area contributed by atoms with Crippen molar-refractivity contribution in [2.75, 3.05) is 6.61 Å². The first-order valence-corrected chi connectivity index (χ1v) is 7.90. The van der Waals surface area contributed by atoms with Gasteiger partial charge in [-0.15, -0.1) is 0 Å². The van der Waals surface area contributed by atoms with E-state index in [0.29, 0.717) is 6.42 Å². The third-order valence-electron chi connectivity index (χ3n) is 3.18. The number of aryl methyl sites for hydroxylation is 2. The second-order valence-electron chi connectivity index (χ2n) is 4.77. The van der Waals surface area contributed by atoms with E-state index in [1.165, 1.54) is 0 Å². The zero-order valence-electron chi connectivity index (χ0n) is 11.7. The van der Waals surface area contributed by atoms with E-state index in [-0.39, 0.29) is 11.5 Å². The summed E-state index contributed by atoms with van der Waals surface area (Å²) in [6, 6.07) is 14.5. The molecule has 0 amide bonds. The van der Waals surface area contributed by atoms with E-state index in [2.05, 4.69) is 0 Å². The summed E-state index contributed by atoms with van der Waals surface area (Å²) in [6.07, 6.45) is 0.581. The molecule has 0 aromatic heterocycles. The summed E-state index contributed by atoms with van der Waals surface area (Å²) in [7, 11) is -3.66. The van der Waals surface area contributed by atoms with E-state index in [0.717, 1.165) is 16.7 Å². The highest BCUT2D eigenvalue weighted by Gasteiger charge is 2.14. The van der Waals surface area contributed by atoms with Gasteiger partial charge in [0.05, 0.1) is 11.5 Å². The Morgan fingerprint density at radius 1 is 0.950 bits per heavy atom. The highest BCUT2D eigenvalue weighted by Crippen LogP contribution is 2.14. The summed E-state index contributed by atoms with van der Waals surface area (Å²) in [5.74, 6) is 0. The molecule has 2 aromatic carbocycles. The van der Waals surface area contributed by atoms with Gasteiger partial charge in [-0.2, -0.15) is 8.42 Å². The molecule has 2 aromatic rings. The lowest BCUT2D eigenvalue weighted by Gasteiger charge is -2.07. The fraction of sp³-hybridized carbons (Fsp3) is 0.250. The van der Waals surface area contributed by atoms with E-state index >= 15 is 0 Å². The van der Waals surface area contributed by atoms with Gasteiger partial charge in [-0.05, 0) is 43.5 Å². The molecule has 0 saturated heterocycles. The van der Waals surface area contributed by atoms with Crippen molar-refractivity contribution >= 4 is 10.1 Å². The maximum atomic E-state index is 12.0. The van der Waals surface area contributed by atoms with Crippen molar-refractivity contribution in [1.82, 2.24) is 0 Å². The lowest BCUT2D eigenvalue weighted by Crippen LogP contribution is -2.09. The fourth-order valence-corrected chi connectivity index (χ4v) is 2.83. The first-order chi connectivity index (χ1) is 9.49. The van der Waals surface area contributed by atoms with E-state index in [1.54, 1.807) is 24.3 Å². The van der Waals surface area contributed by atoms with Crippen LogP contribution in [0.1, 0.15) is 16.7 Å². The van der Waals surface area contributed by atoms with Crippen molar-refractivity contribution in [3.63, 3.8) is 0 Å². The first-order valence-electron chi connectivity index (χ1n) is 6.50. The molecule has 3 nitrogen and oxygen atoms in total. The molecular formula is C16H18O3S. The van der Waals surface area contributed by atoms with Crippen LogP contribution >= 0.6 is 0 Å². The van der Waals surface area contributed by atoms with Crippen LogP contribution in [0.5, 0.6) is 0 Å². The molecule has 20 heavy (non-hydrogen) atoms. The first kappa shape index (κ1) is 14.8. The quantitative estimate of drug-likeness (QED) is 0.794. The average molecular weight is 290 g/mol. The minimum absolute atomic E-state index is 0.154. The predicted octanol–water partition coefficient (Wildman–Crippen LogP) is 3.25. The summed E-state index contributed by atoms with van der Waals surface area (Å²) >= 11 is 0. The molecule has 0 saturated carbocycles. The lowest BCUT2D eigenvalue weighted by molar-refractivity contribution is 0.322. The summed E-state index contributed by atoms with van der Waals surface area (Å²) in [5, 5.41) is 0. The van der Waals surface area contributed by atoms with Crippen LogP contribution in [0.4, 0.5) is 0 Å². The van der Waals surface area contributed by atoms with Gasteiger partial charge in [0.25, 0.3) is 10.1 Å².